The molecule has 0 spiro atoms. The molecule has 3 aromatic carbocycles. The van der Waals surface area contributed by atoms with Gasteiger partial charge in [-0.3, -0.25) is 0 Å². The zero-order chi connectivity index (χ0) is 14.7. The van der Waals surface area contributed by atoms with Gasteiger partial charge >= 0.3 is 7.05 Å². The summed E-state index contributed by atoms with van der Waals surface area (Å²) in [6.07, 6.45) is 0. The lowest BCUT2D eigenvalue weighted by Crippen LogP contribution is -2.50. The molecule has 0 radical (unpaired) electrons. The molecule has 3 aromatic rings. The highest BCUT2D eigenvalue weighted by Gasteiger charge is 2.44. The van der Waals surface area contributed by atoms with Gasteiger partial charge in [0.25, 0.3) is 0 Å². The number of nitrogens with zero attached hydrogens (tertiary/aromatic N) is 1. The van der Waals surface area contributed by atoms with Crippen LogP contribution in [-0.2, 0) is 0 Å². The average Bonchev–Trinajstić information content (AvgIpc) is 2.94. The lowest BCUT2D eigenvalue weighted by Gasteiger charge is -2.31. The summed E-state index contributed by atoms with van der Waals surface area (Å²) in [4.78, 5) is 2.29. The van der Waals surface area contributed by atoms with Crippen molar-refractivity contribution in [1.29, 1.82) is 0 Å². The molecular formula is C18H11BBrNO. The Bertz CT molecular complexity index is 911. The number of fused-ring (bicyclic) bond motifs is 8. The summed E-state index contributed by atoms with van der Waals surface area (Å²) in [5.74, 6) is 0.922. The average molecular weight is 348 g/mol. The molecule has 22 heavy (non-hydrogen) atoms. The summed E-state index contributed by atoms with van der Waals surface area (Å²) in [6.45, 7) is 0. The number of halogens is 1. The first-order valence-corrected chi connectivity index (χ1v) is 8.06. The van der Waals surface area contributed by atoms with Crippen LogP contribution in [0.2, 0.25) is 0 Å². The molecule has 0 atom stereocenters. The van der Waals surface area contributed by atoms with Gasteiger partial charge in [-0.05, 0) is 35.3 Å². The zero-order valence-electron chi connectivity index (χ0n) is 11.7. The number of rotatable bonds is 0. The van der Waals surface area contributed by atoms with E-state index in [0.717, 1.165) is 15.9 Å². The standard InChI is InChI=1S/C18H11BBrNO/c20-12-9-10-17-18(11-12)22-19-15-7-3-1-5-13(15)14-6-2-4-8-16(14)21(17)19/h1-11H. The Morgan fingerprint density at radius 3 is 2.50 bits per heavy atom. The largest absolute Gasteiger partial charge is 0.536 e. The minimum atomic E-state index is -0.0876. The van der Waals surface area contributed by atoms with Gasteiger partial charge in [0.2, 0.25) is 0 Å². The molecule has 5 rings (SSSR count). The van der Waals surface area contributed by atoms with Crippen molar-refractivity contribution in [3.8, 4) is 16.9 Å². The molecule has 0 saturated carbocycles. The van der Waals surface area contributed by atoms with Crippen molar-refractivity contribution in [2.24, 2.45) is 0 Å². The zero-order valence-corrected chi connectivity index (χ0v) is 13.2. The second-order valence-corrected chi connectivity index (χ2v) is 6.47. The first kappa shape index (κ1) is 12.4. The Kier molecular flexibility index (Phi) is 2.47. The molecule has 0 N–H and O–H groups in total. The van der Waals surface area contributed by atoms with Crippen molar-refractivity contribution in [2.45, 2.75) is 0 Å². The number of hydrogen-bond donors (Lipinski definition) is 0. The molecule has 0 unspecified atom stereocenters. The van der Waals surface area contributed by atoms with Gasteiger partial charge in [-0.25, -0.2) is 0 Å². The number of hydrogen-bond acceptors (Lipinski definition) is 2. The van der Waals surface area contributed by atoms with Crippen molar-refractivity contribution in [2.75, 3.05) is 4.81 Å². The highest BCUT2D eigenvalue weighted by Crippen LogP contribution is 2.47. The lowest BCUT2D eigenvalue weighted by molar-refractivity contribution is 0.603. The fourth-order valence-corrected chi connectivity index (χ4v) is 3.75. The molecular weight excluding hydrogens is 337 g/mol. The summed E-state index contributed by atoms with van der Waals surface area (Å²) in [5, 5.41) is 0. The third kappa shape index (κ3) is 1.56. The molecule has 0 bridgehead atoms. The van der Waals surface area contributed by atoms with Crippen LogP contribution < -0.4 is 14.9 Å². The van der Waals surface area contributed by atoms with Crippen LogP contribution >= 0.6 is 15.9 Å². The smallest absolute Gasteiger partial charge is 0.524 e. The van der Waals surface area contributed by atoms with E-state index in [4.69, 9.17) is 4.65 Å². The molecule has 2 aliphatic heterocycles. The fourth-order valence-electron chi connectivity index (χ4n) is 3.41. The molecule has 2 aliphatic rings. The predicted octanol–water partition coefficient (Wildman–Crippen LogP) is 4.36. The van der Waals surface area contributed by atoms with Gasteiger partial charge in [0, 0.05) is 15.7 Å². The Morgan fingerprint density at radius 2 is 1.59 bits per heavy atom. The maximum Gasteiger partial charge on any atom is 0.524 e. The van der Waals surface area contributed by atoms with Crippen LogP contribution in [0.4, 0.5) is 11.4 Å². The van der Waals surface area contributed by atoms with E-state index in [9.17, 15) is 0 Å². The van der Waals surface area contributed by atoms with Crippen molar-refractivity contribution in [3.05, 3.63) is 71.2 Å². The molecule has 0 fully saturated rings. The van der Waals surface area contributed by atoms with Crippen LogP contribution in [0.25, 0.3) is 11.1 Å². The Morgan fingerprint density at radius 1 is 0.818 bits per heavy atom. The minimum absolute atomic E-state index is 0.0876. The second-order valence-electron chi connectivity index (χ2n) is 5.56. The van der Waals surface area contributed by atoms with Crippen molar-refractivity contribution in [1.82, 2.24) is 0 Å². The van der Waals surface area contributed by atoms with Crippen LogP contribution in [0, 0.1) is 0 Å². The first-order valence-electron chi connectivity index (χ1n) is 7.27. The highest BCUT2D eigenvalue weighted by atomic mass is 79.9. The summed E-state index contributed by atoms with van der Waals surface area (Å²) in [6, 6.07) is 23.2. The molecule has 104 valence electrons. The molecule has 0 amide bonds. The topological polar surface area (TPSA) is 12.5 Å². The monoisotopic (exact) mass is 347 g/mol. The molecule has 0 aliphatic carbocycles. The van der Waals surface area contributed by atoms with Gasteiger partial charge in [0.1, 0.15) is 5.75 Å². The summed E-state index contributed by atoms with van der Waals surface area (Å²) in [7, 11) is -0.0876. The fraction of sp³-hybridized carbons (Fsp3) is 0. The van der Waals surface area contributed by atoms with Crippen LogP contribution in [0.1, 0.15) is 0 Å². The third-order valence-corrected chi connectivity index (χ3v) is 4.83. The number of anilines is 2. The SMILES string of the molecule is Brc1ccc2c(c1)OB1c3ccccc3-c3ccccc3N12. The normalized spacial score (nSPS) is 13.9. The Labute approximate surface area is 137 Å². The van der Waals surface area contributed by atoms with Gasteiger partial charge in [-0.2, -0.15) is 0 Å². The Balaban J connectivity index is 1.83. The molecule has 4 heteroatoms. The van der Waals surface area contributed by atoms with Crippen molar-refractivity contribution < 1.29 is 4.65 Å². The predicted molar refractivity (Wildman–Crippen MR) is 94.2 cm³/mol. The summed E-state index contributed by atoms with van der Waals surface area (Å²) < 4.78 is 7.31. The van der Waals surface area contributed by atoms with Crippen molar-refractivity contribution >= 4 is 39.8 Å². The van der Waals surface area contributed by atoms with E-state index in [1.54, 1.807) is 0 Å². The van der Waals surface area contributed by atoms with Gasteiger partial charge in [0.15, 0.2) is 0 Å². The third-order valence-electron chi connectivity index (χ3n) is 4.34. The maximum atomic E-state index is 6.27. The molecule has 0 saturated heterocycles. The van der Waals surface area contributed by atoms with Gasteiger partial charge in [-0.15, -0.1) is 0 Å². The van der Waals surface area contributed by atoms with E-state index in [1.165, 1.54) is 22.3 Å². The van der Waals surface area contributed by atoms with Gasteiger partial charge in [0.05, 0.1) is 5.69 Å². The van der Waals surface area contributed by atoms with Crippen molar-refractivity contribution in [3.63, 3.8) is 0 Å². The Hall–Kier alpha value is -2.20. The van der Waals surface area contributed by atoms with Crippen LogP contribution in [0.5, 0.6) is 5.75 Å². The molecule has 0 aromatic heterocycles. The summed E-state index contributed by atoms with van der Waals surface area (Å²) in [5.41, 5.74) is 6.05. The van der Waals surface area contributed by atoms with E-state index in [2.05, 4.69) is 81.4 Å². The number of para-hydroxylation sites is 1. The van der Waals surface area contributed by atoms with E-state index >= 15 is 0 Å². The van der Waals surface area contributed by atoms with E-state index in [-0.39, 0.29) is 7.05 Å². The molecule has 2 heterocycles. The number of benzene rings is 3. The van der Waals surface area contributed by atoms with Gasteiger partial charge < -0.3 is 9.47 Å². The maximum absolute atomic E-state index is 6.27. The van der Waals surface area contributed by atoms with Crippen LogP contribution in [0.3, 0.4) is 0 Å². The van der Waals surface area contributed by atoms with E-state index in [1.807, 2.05) is 6.07 Å². The van der Waals surface area contributed by atoms with E-state index < -0.39 is 0 Å². The second kappa shape index (κ2) is 4.40. The first-order chi connectivity index (χ1) is 10.8. The van der Waals surface area contributed by atoms with Crippen LogP contribution in [0.15, 0.2) is 71.2 Å². The minimum Gasteiger partial charge on any atom is -0.536 e. The molecule has 2 nitrogen and oxygen atoms in total. The van der Waals surface area contributed by atoms with Crippen LogP contribution in [-0.4, -0.2) is 7.05 Å². The lowest BCUT2D eigenvalue weighted by atomic mass is 9.65. The quantitative estimate of drug-likeness (QED) is 0.560. The highest BCUT2D eigenvalue weighted by molar-refractivity contribution is 9.10. The van der Waals surface area contributed by atoms with E-state index in [0.29, 0.717) is 0 Å². The summed E-state index contributed by atoms with van der Waals surface area (Å²) >= 11 is 3.53. The van der Waals surface area contributed by atoms with Gasteiger partial charge in [-0.1, -0.05) is 58.4 Å².